The number of quaternary nitrogens is 1. The van der Waals surface area contributed by atoms with Gasteiger partial charge >= 0.3 is 0 Å². The third-order valence-corrected chi connectivity index (χ3v) is 1.96. The minimum Gasteiger partial charge on any atom is -0.399 e. The highest BCUT2D eigenvalue weighted by molar-refractivity contribution is 4.67. The summed E-state index contributed by atoms with van der Waals surface area (Å²) < 4.78 is 0. The van der Waals surface area contributed by atoms with Crippen LogP contribution in [0.1, 0.15) is 32.1 Å². The molecular weight excluding hydrogens is 112 g/mol. The molecule has 0 atom stereocenters. The van der Waals surface area contributed by atoms with Crippen molar-refractivity contribution in [1.29, 1.82) is 0 Å². The normalized spacial score (nSPS) is 22.3. The molecule has 1 rings (SSSR count). The number of hydrogen-bond donors (Lipinski definition) is 2. The van der Waals surface area contributed by atoms with Crippen molar-refractivity contribution in [2.45, 2.75) is 38.1 Å². The third kappa shape index (κ3) is 2.33. The lowest BCUT2D eigenvalue weighted by atomic mass is 9.96. The molecule has 0 aromatic carbocycles. The van der Waals surface area contributed by atoms with Crippen LogP contribution in [0.5, 0.6) is 0 Å². The second-order valence-electron chi connectivity index (χ2n) is 2.71. The van der Waals surface area contributed by atoms with Gasteiger partial charge in [-0.15, -0.1) is 7.05 Å². The van der Waals surface area contributed by atoms with Crippen molar-refractivity contribution in [3.8, 4) is 0 Å². The van der Waals surface area contributed by atoms with Crippen molar-refractivity contribution < 1.29 is 5.43 Å². The van der Waals surface area contributed by atoms with E-state index in [-0.39, 0.29) is 0 Å². The predicted octanol–water partition coefficient (Wildman–Crippen LogP) is 0.179. The molecule has 2 heteroatoms. The van der Waals surface area contributed by atoms with Crippen molar-refractivity contribution in [1.82, 2.24) is 5.43 Å². The van der Waals surface area contributed by atoms with Crippen molar-refractivity contribution in [3.63, 3.8) is 0 Å². The van der Waals surface area contributed by atoms with Gasteiger partial charge < -0.3 is 5.43 Å². The van der Waals surface area contributed by atoms with E-state index in [4.69, 9.17) is 0 Å². The van der Waals surface area contributed by atoms with E-state index in [1.165, 1.54) is 32.1 Å². The van der Waals surface area contributed by atoms with Crippen LogP contribution in [0.3, 0.4) is 0 Å². The molecule has 0 radical (unpaired) electrons. The first-order valence-electron chi connectivity index (χ1n) is 3.80. The van der Waals surface area contributed by atoms with E-state index in [0.717, 1.165) is 6.04 Å². The Kier molecular flexibility index (Phi) is 3.01. The van der Waals surface area contributed by atoms with E-state index < -0.39 is 0 Å². The standard InChI is InChI=1S/C7H16N2/c1-8-9-7-5-3-2-4-6-7/h7,9H,1-6,8H2. The van der Waals surface area contributed by atoms with Crippen molar-refractivity contribution in [3.05, 3.63) is 7.05 Å². The molecule has 0 spiro atoms. The second kappa shape index (κ2) is 3.85. The van der Waals surface area contributed by atoms with Gasteiger partial charge in [-0.05, 0) is 12.8 Å². The van der Waals surface area contributed by atoms with E-state index >= 15 is 0 Å². The van der Waals surface area contributed by atoms with Crippen LogP contribution in [0.25, 0.3) is 0 Å². The molecule has 0 bridgehead atoms. The quantitative estimate of drug-likeness (QED) is 0.310. The first kappa shape index (κ1) is 7.03. The summed E-state index contributed by atoms with van der Waals surface area (Å²) in [7, 11) is 3.64. The SMILES string of the molecule is [CH2-][NH2+]NC1CCCCC1. The van der Waals surface area contributed by atoms with Crippen molar-refractivity contribution in [2.75, 3.05) is 0 Å². The van der Waals surface area contributed by atoms with Gasteiger partial charge in [0.1, 0.15) is 0 Å². The molecule has 1 aliphatic carbocycles. The fraction of sp³-hybridized carbons (Fsp3) is 0.857. The zero-order valence-electron chi connectivity index (χ0n) is 5.90. The summed E-state index contributed by atoms with van der Waals surface area (Å²) in [6.07, 6.45) is 6.89. The van der Waals surface area contributed by atoms with Crippen LogP contribution in [0.15, 0.2) is 0 Å². The van der Waals surface area contributed by atoms with E-state index in [2.05, 4.69) is 12.5 Å². The molecular formula is C7H16N2. The average Bonchev–Trinajstić information content (AvgIpc) is 1.91. The Hall–Kier alpha value is -0.0800. The number of hydrogen-bond acceptors (Lipinski definition) is 1. The highest BCUT2D eigenvalue weighted by atomic mass is 15.3. The molecule has 0 aromatic rings. The first-order valence-corrected chi connectivity index (χ1v) is 3.80. The van der Waals surface area contributed by atoms with Crippen molar-refractivity contribution in [2.24, 2.45) is 0 Å². The molecule has 54 valence electrons. The van der Waals surface area contributed by atoms with Gasteiger partial charge in [0.15, 0.2) is 0 Å². The Bertz CT molecular complexity index is 64.6. The third-order valence-electron chi connectivity index (χ3n) is 1.96. The summed E-state index contributed by atoms with van der Waals surface area (Å²) in [6, 6.07) is 0.733. The van der Waals surface area contributed by atoms with Gasteiger partial charge in [-0.1, -0.05) is 19.3 Å². The van der Waals surface area contributed by atoms with Crippen LogP contribution in [0, 0.1) is 7.05 Å². The van der Waals surface area contributed by atoms with Gasteiger partial charge in [0.2, 0.25) is 0 Å². The topological polar surface area (TPSA) is 28.6 Å². The van der Waals surface area contributed by atoms with Gasteiger partial charge in [-0.25, -0.2) is 0 Å². The smallest absolute Gasteiger partial charge is 0.0529 e. The largest absolute Gasteiger partial charge is 0.399 e. The fourth-order valence-corrected chi connectivity index (χ4v) is 1.44. The van der Waals surface area contributed by atoms with Crippen LogP contribution in [-0.2, 0) is 0 Å². The van der Waals surface area contributed by atoms with Gasteiger partial charge in [-0.2, -0.15) is 5.43 Å². The zero-order valence-corrected chi connectivity index (χ0v) is 5.90. The number of rotatable bonds is 2. The average molecular weight is 128 g/mol. The predicted molar refractivity (Wildman–Crippen MR) is 37.3 cm³/mol. The van der Waals surface area contributed by atoms with Gasteiger partial charge in [0.05, 0.1) is 6.04 Å². The zero-order chi connectivity index (χ0) is 6.53. The molecule has 1 aliphatic rings. The van der Waals surface area contributed by atoms with Gasteiger partial charge in [0, 0.05) is 0 Å². The monoisotopic (exact) mass is 128 g/mol. The minimum atomic E-state index is 0.733. The molecule has 3 N–H and O–H groups in total. The Labute approximate surface area is 57.0 Å². The fourth-order valence-electron chi connectivity index (χ4n) is 1.44. The Morgan fingerprint density at radius 1 is 1.22 bits per heavy atom. The Morgan fingerprint density at radius 2 is 1.89 bits per heavy atom. The van der Waals surface area contributed by atoms with Gasteiger partial charge in [0.25, 0.3) is 0 Å². The van der Waals surface area contributed by atoms with Crippen LogP contribution in [0.2, 0.25) is 0 Å². The number of nitrogens with two attached hydrogens (primary N) is 1. The molecule has 0 heterocycles. The highest BCUT2D eigenvalue weighted by Gasteiger charge is 2.11. The Morgan fingerprint density at radius 3 is 2.44 bits per heavy atom. The molecule has 2 nitrogen and oxygen atoms in total. The van der Waals surface area contributed by atoms with Crippen LogP contribution in [-0.4, -0.2) is 6.04 Å². The maximum absolute atomic E-state index is 3.64. The van der Waals surface area contributed by atoms with Crippen LogP contribution in [0.4, 0.5) is 0 Å². The summed E-state index contributed by atoms with van der Waals surface area (Å²) in [5, 5.41) is 0. The summed E-state index contributed by atoms with van der Waals surface area (Å²) in [5.41, 5.74) is 5.06. The second-order valence-corrected chi connectivity index (χ2v) is 2.71. The summed E-state index contributed by atoms with van der Waals surface area (Å²) >= 11 is 0. The van der Waals surface area contributed by atoms with Crippen LogP contribution < -0.4 is 10.9 Å². The highest BCUT2D eigenvalue weighted by Crippen LogP contribution is 2.15. The molecule has 0 aromatic heterocycles. The summed E-state index contributed by atoms with van der Waals surface area (Å²) in [4.78, 5) is 0. The lowest BCUT2D eigenvalue weighted by Crippen LogP contribution is -2.89. The molecule has 0 aliphatic heterocycles. The van der Waals surface area contributed by atoms with Gasteiger partial charge in [-0.3, -0.25) is 0 Å². The lowest BCUT2D eigenvalue weighted by molar-refractivity contribution is -0.662. The maximum atomic E-state index is 3.64. The summed E-state index contributed by atoms with van der Waals surface area (Å²) in [5.74, 6) is 0. The molecule has 0 saturated heterocycles. The minimum absolute atomic E-state index is 0.733. The van der Waals surface area contributed by atoms with Crippen molar-refractivity contribution >= 4 is 0 Å². The van der Waals surface area contributed by atoms with E-state index in [0.29, 0.717) is 0 Å². The molecule has 1 fully saturated rings. The maximum Gasteiger partial charge on any atom is 0.0529 e. The van der Waals surface area contributed by atoms with E-state index in [9.17, 15) is 0 Å². The molecule has 9 heavy (non-hydrogen) atoms. The molecule has 0 amide bonds. The molecule has 0 unspecified atom stereocenters. The van der Waals surface area contributed by atoms with E-state index in [1.54, 1.807) is 0 Å². The Balaban J connectivity index is 2.08. The number of nitrogens with one attached hydrogen (secondary N) is 1. The van der Waals surface area contributed by atoms with E-state index in [1.807, 2.05) is 5.43 Å². The lowest BCUT2D eigenvalue weighted by Gasteiger charge is -2.21. The molecule has 1 saturated carbocycles. The first-order chi connectivity index (χ1) is 4.43. The summed E-state index contributed by atoms with van der Waals surface area (Å²) in [6.45, 7) is 0. The van der Waals surface area contributed by atoms with Crippen LogP contribution >= 0.6 is 0 Å².